The predicted octanol–water partition coefficient (Wildman–Crippen LogP) is 4.21. The van der Waals surface area contributed by atoms with Crippen molar-refractivity contribution in [3.63, 3.8) is 0 Å². The van der Waals surface area contributed by atoms with E-state index < -0.39 is 16.2 Å². The maximum Gasteiger partial charge on any atom is 0.297 e. The number of aryl methyl sites for hydroxylation is 1. The van der Waals surface area contributed by atoms with Crippen molar-refractivity contribution in [2.24, 2.45) is 0 Å². The Labute approximate surface area is 281 Å². The molecule has 2 atom stereocenters. The zero-order valence-electron chi connectivity index (χ0n) is 25.9. The minimum Gasteiger partial charge on any atom is -0.486 e. The molecule has 14 heteroatoms. The summed E-state index contributed by atoms with van der Waals surface area (Å²) in [5, 5.41) is 11.0. The monoisotopic (exact) mass is 691 g/mol. The largest absolute Gasteiger partial charge is 0.486 e. The van der Waals surface area contributed by atoms with Gasteiger partial charge in [0.05, 0.1) is 17.7 Å². The zero-order chi connectivity index (χ0) is 33.3. The van der Waals surface area contributed by atoms with E-state index in [1.54, 1.807) is 35.6 Å². The van der Waals surface area contributed by atoms with Gasteiger partial charge in [-0.05, 0) is 54.8 Å². The number of fused-ring (bicyclic) bond motifs is 6. The van der Waals surface area contributed by atoms with Gasteiger partial charge in [0.2, 0.25) is 11.8 Å². The summed E-state index contributed by atoms with van der Waals surface area (Å²) in [5.74, 6) is 2.34. The molecular formula is C34H33N3O9S2. The number of carbonyl (C=O) groups excluding carboxylic acids is 2. The van der Waals surface area contributed by atoms with E-state index in [1.165, 1.54) is 17.0 Å². The first-order valence-corrected chi connectivity index (χ1v) is 17.7. The molecule has 0 bridgehead atoms. The Bertz CT molecular complexity index is 1950. The number of carbonyl (C=O) groups is 2. The molecule has 4 aromatic rings. The Morgan fingerprint density at radius 1 is 0.833 bits per heavy atom. The number of rotatable bonds is 8. The maximum absolute atomic E-state index is 12.3. The molecule has 3 N–H and O–H groups in total. The summed E-state index contributed by atoms with van der Waals surface area (Å²) in [6, 6.07) is 17.8. The molecule has 12 nitrogen and oxygen atoms in total. The standard InChI is InChI=1S/C18H17NO6S.C16H16N2O3S/c1-11-2-4-13(5-3-11)26(21,22)24-10-12-9-23-16-7-6-15-14(18(16)25-12)8-17(20)19-15;19-15-6-12-13(18-15)3-4-14-16(12)21-10(9-20-14)7-17-8-11-2-1-5-22-11/h2-7,12H,8-10H2,1H3,(H,19,20);1-5,10,17H,6-9H2,(H,18,19)/t12-;/m1./s1. The highest BCUT2D eigenvalue weighted by Crippen LogP contribution is 2.43. The maximum atomic E-state index is 12.3. The van der Waals surface area contributed by atoms with Crippen LogP contribution in [0.25, 0.3) is 0 Å². The lowest BCUT2D eigenvalue weighted by Gasteiger charge is -2.28. The highest BCUT2D eigenvalue weighted by Gasteiger charge is 2.32. The summed E-state index contributed by atoms with van der Waals surface area (Å²) in [5.41, 5.74) is 4.11. The smallest absolute Gasteiger partial charge is 0.297 e. The molecule has 0 fully saturated rings. The number of ether oxygens (including phenoxy) is 4. The van der Waals surface area contributed by atoms with E-state index in [1.807, 2.05) is 25.1 Å². The van der Waals surface area contributed by atoms with Crippen molar-refractivity contribution in [3.8, 4) is 23.0 Å². The normalized spacial score (nSPS) is 18.6. The first-order chi connectivity index (χ1) is 23.2. The summed E-state index contributed by atoms with van der Waals surface area (Å²) in [4.78, 5) is 24.5. The summed E-state index contributed by atoms with van der Waals surface area (Å²) >= 11 is 1.73. The van der Waals surface area contributed by atoms with Gasteiger partial charge in [-0.2, -0.15) is 8.42 Å². The quantitative estimate of drug-likeness (QED) is 0.230. The number of hydrogen-bond donors (Lipinski definition) is 3. The predicted molar refractivity (Wildman–Crippen MR) is 178 cm³/mol. The van der Waals surface area contributed by atoms with E-state index >= 15 is 0 Å². The van der Waals surface area contributed by atoms with E-state index in [-0.39, 0.29) is 42.4 Å². The molecule has 250 valence electrons. The Balaban J connectivity index is 0.000000154. The summed E-state index contributed by atoms with van der Waals surface area (Å²) in [7, 11) is -3.88. The zero-order valence-corrected chi connectivity index (χ0v) is 27.6. The molecule has 0 spiro atoms. The van der Waals surface area contributed by atoms with Gasteiger partial charge in [0, 0.05) is 40.5 Å². The van der Waals surface area contributed by atoms with E-state index in [0.717, 1.165) is 34.7 Å². The van der Waals surface area contributed by atoms with Gasteiger partial charge in [-0.15, -0.1) is 11.3 Å². The van der Waals surface area contributed by atoms with Crippen LogP contribution in [0, 0.1) is 6.92 Å². The molecule has 8 rings (SSSR count). The van der Waals surface area contributed by atoms with Gasteiger partial charge >= 0.3 is 0 Å². The van der Waals surface area contributed by atoms with E-state index in [4.69, 9.17) is 23.1 Å². The first-order valence-electron chi connectivity index (χ1n) is 15.4. The second-order valence-electron chi connectivity index (χ2n) is 11.7. The van der Waals surface area contributed by atoms with Crippen LogP contribution in [0.1, 0.15) is 21.6 Å². The fourth-order valence-electron chi connectivity index (χ4n) is 5.65. The molecule has 4 aliphatic heterocycles. The van der Waals surface area contributed by atoms with Crippen LogP contribution in [0.3, 0.4) is 0 Å². The third-order valence-corrected chi connectivity index (χ3v) is 10.2. The van der Waals surface area contributed by atoms with Crippen molar-refractivity contribution >= 4 is 44.6 Å². The van der Waals surface area contributed by atoms with Crippen LogP contribution < -0.4 is 34.9 Å². The average Bonchev–Trinajstić information content (AvgIpc) is 3.83. The van der Waals surface area contributed by atoms with Crippen molar-refractivity contribution in [2.75, 3.05) is 37.0 Å². The molecule has 5 heterocycles. The molecule has 4 aliphatic rings. The van der Waals surface area contributed by atoms with Crippen LogP contribution in [-0.4, -0.2) is 58.8 Å². The lowest BCUT2D eigenvalue weighted by molar-refractivity contribution is -0.116. The molecule has 2 amide bonds. The highest BCUT2D eigenvalue weighted by atomic mass is 32.2. The van der Waals surface area contributed by atoms with Crippen molar-refractivity contribution in [1.29, 1.82) is 0 Å². The van der Waals surface area contributed by atoms with Gasteiger partial charge in [0.1, 0.15) is 25.9 Å². The lowest BCUT2D eigenvalue weighted by Crippen LogP contribution is -2.38. The molecular weight excluding hydrogens is 659 g/mol. The second-order valence-corrected chi connectivity index (χ2v) is 14.3. The number of amides is 2. The highest BCUT2D eigenvalue weighted by molar-refractivity contribution is 7.86. The van der Waals surface area contributed by atoms with E-state index in [0.29, 0.717) is 42.5 Å². The van der Waals surface area contributed by atoms with Crippen LogP contribution in [0.15, 0.2) is 70.9 Å². The minimum absolute atomic E-state index is 0.00458. The number of thiophene rings is 1. The van der Waals surface area contributed by atoms with Crippen molar-refractivity contribution in [1.82, 2.24) is 5.32 Å². The molecule has 0 saturated carbocycles. The first kappa shape index (κ1) is 31.9. The summed E-state index contributed by atoms with van der Waals surface area (Å²) in [6.45, 7) is 3.92. The van der Waals surface area contributed by atoms with Gasteiger partial charge in [0.15, 0.2) is 29.1 Å². The van der Waals surface area contributed by atoms with Crippen molar-refractivity contribution < 1.29 is 41.1 Å². The molecule has 48 heavy (non-hydrogen) atoms. The Hall–Kier alpha value is -4.63. The van der Waals surface area contributed by atoms with E-state index in [2.05, 4.69) is 27.4 Å². The van der Waals surface area contributed by atoms with Crippen LogP contribution >= 0.6 is 11.3 Å². The van der Waals surface area contributed by atoms with Gasteiger partial charge in [0.25, 0.3) is 10.1 Å². The number of hydrogen-bond acceptors (Lipinski definition) is 11. The van der Waals surface area contributed by atoms with E-state index in [9.17, 15) is 18.0 Å². The number of nitrogens with one attached hydrogen (secondary N) is 3. The Kier molecular flexibility index (Phi) is 8.96. The van der Waals surface area contributed by atoms with Crippen molar-refractivity contribution in [3.05, 3.63) is 87.6 Å². The molecule has 1 aromatic heterocycles. The number of anilines is 2. The minimum atomic E-state index is -3.88. The van der Waals surface area contributed by atoms with Crippen LogP contribution in [-0.2, 0) is 43.3 Å². The molecule has 0 saturated heterocycles. The number of benzene rings is 3. The Morgan fingerprint density at radius 2 is 1.44 bits per heavy atom. The third kappa shape index (κ3) is 6.97. The third-order valence-electron chi connectivity index (χ3n) is 8.06. The van der Waals surface area contributed by atoms with Gasteiger partial charge < -0.3 is 34.9 Å². The average molecular weight is 692 g/mol. The van der Waals surface area contributed by atoms with Gasteiger partial charge in [-0.1, -0.05) is 23.8 Å². The van der Waals surface area contributed by atoms with Gasteiger partial charge in [-0.3, -0.25) is 13.8 Å². The molecule has 0 aliphatic carbocycles. The van der Waals surface area contributed by atoms with Crippen LogP contribution in [0.2, 0.25) is 0 Å². The topological polar surface area (TPSA) is 151 Å². The summed E-state index contributed by atoms with van der Waals surface area (Å²) in [6.07, 6.45) is -0.0755. The second kappa shape index (κ2) is 13.5. The Morgan fingerprint density at radius 3 is 2.04 bits per heavy atom. The summed E-state index contributed by atoms with van der Waals surface area (Å²) < 4.78 is 53.1. The van der Waals surface area contributed by atoms with Crippen LogP contribution in [0.5, 0.6) is 23.0 Å². The van der Waals surface area contributed by atoms with Gasteiger partial charge in [-0.25, -0.2) is 0 Å². The molecule has 0 radical (unpaired) electrons. The lowest BCUT2D eigenvalue weighted by atomic mass is 10.1. The fraction of sp³-hybridized carbons (Fsp3) is 0.294. The molecule has 3 aromatic carbocycles. The fourth-order valence-corrected chi connectivity index (χ4v) is 7.26. The van der Waals surface area contributed by atoms with Crippen LogP contribution in [0.4, 0.5) is 11.4 Å². The molecule has 1 unspecified atom stereocenters. The van der Waals surface area contributed by atoms with Crippen molar-refractivity contribution in [2.45, 2.75) is 43.4 Å². The SMILES string of the molecule is Cc1ccc(S(=O)(=O)OC[C@H]2COc3ccc4c(c3O2)CC(=O)N4)cc1.O=C1Cc2c(ccc3c2OC(CNCc2cccs2)CO3)N1.